The van der Waals surface area contributed by atoms with E-state index in [1.54, 1.807) is 12.1 Å². The molecule has 0 bridgehead atoms. The van der Waals surface area contributed by atoms with Crippen LogP contribution in [0.4, 0.5) is 0 Å². The molecule has 3 heteroatoms. The molecule has 2 aromatic carbocycles. The van der Waals surface area contributed by atoms with Crippen molar-refractivity contribution in [3.05, 3.63) is 64.6 Å². The van der Waals surface area contributed by atoms with Crippen LogP contribution in [0.3, 0.4) is 0 Å². The smallest absolute Gasteiger partial charge is 0.315 e. The molecule has 0 spiro atoms. The predicted octanol–water partition coefficient (Wildman–Crippen LogP) is 3.60. The third-order valence-corrected chi connectivity index (χ3v) is 2.77. The maximum Gasteiger partial charge on any atom is 0.315 e. The van der Waals surface area contributed by atoms with Crippen LogP contribution in [0, 0.1) is 0 Å². The van der Waals surface area contributed by atoms with Crippen molar-refractivity contribution in [3.63, 3.8) is 0 Å². The monoisotopic (exact) mass is 290 g/mol. The molecule has 0 aliphatic heterocycles. The molecule has 2 rings (SSSR count). The van der Waals surface area contributed by atoms with Crippen molar-refractivity contribution in [1.29, 1.82) is 0 Å². The number of carbonyl (C=O) groups excluding carboxylic acids is 1. The van der Waals surface area contributed by atoms with E-state index in [2.05, 4.69) is 15.9 Å². The first-order valence-electron chi connectivity index (χ1n) is 5.24. The summed E-state index contributed by atoms with van der Waals surface area (Å²) in [6.45, 7) is 0. The third kappa shape index (κ3) is 3.71. The summed E-state index contributed by atoms with van der Waals surface area (Å²) in [5.74, 6) is 0.313. The van der Waals surface area contributed by atoms with Crippen LogP contribution in [0.5, 0.6) is 5.75 Å². The summed E-state index contributed by atoms with van der Waals surface area (Å²) in [5, 5.41) is 0. The molecule has 2 aromatic rings. The summed E-state index contributed by atoms with van der Waals surface area (Å²) >= 11 is 3.32. The van der Waals surface area contributed by atoms with Crippen LogP contribution in [0.2, 0.25) is 0 Å². The molecule has 0 saturated heterocycles. The average Bonchev–Trinajstić information content (AvgIpc) is 2.33. The van der Waals surface area contributed by atoms with Crippen LogP contribution in [0.15, 0.2) is 59.1 Å². The number of benzene rings is 2. The van der Waals surface area contributed by atoms with Gasteiger partial charge in [-0.3, -0.25) is 4.79 Å². The molecule has 0 aliphatic carbocycles. The molecule has 0 fully saturated rings. The Morgan fingerprint density at radius 2 is 1.65 bits per heavy atom. The Bertz CT molecular complexity index is 491. The van der Waals surface area contributed by atoms with Gasteiger partial charge in [-0.2, -0.15) is 0 Å². The van der Waals surface area contributed by atoms with Gasteiger partial charge in [0.05, 0.1) is 6.42 Å². The van der Waals surface area contributed by atoms with Crippen molar-refractivity contribution < 1.29 is 9.53 Å². The van der Waals surface area contributed by atoms with E-state index in [1.165, 1.54) is 0 Å². The highest BCUT2D eigenvalue weighted by Crippen LogP contribution is 2.16. The first kappa shape index (κ1) is 11.9. The van der Waals surface area contributed by atoms with E-state index in [1.807, 2.05) is 42.5 Å². The zero-order valence-corrected chi connectivity index (χ0v) is 10.7. The van der Waals surface area contributed by atoms with Crippen molar-refractivity contribution >= 4 is 21.9 Å². The third-order valence-electron chi connectivity index (χ3n) is 2.24. The van der Waals surface area contributed by atoms with Gasteiger partial charge in [-0.25, -0.2) is 0 Å². The quantitative estimate of drug-likeness (QED) is 0.638. The number of ether oxygens (including phenoxy) is 1. The lowest BCUT2D eigenvalue weighted by Crippen LogP contribution is -2.10. The second-order valence-corrected chi connectivity index (χ2v) is 4.51. The summed E-state index contributed by atoms with van der Waals surface area (Å²) in [4.78, 5) is 11.6. The van der Waals surface area contributed by atoms with Crippen LogP contribution in [-0.4, -0.2) is 5.97 Å². The lowest BCUT2D eigenvalue weighted by atomic mass is 10.2. The van der Waals surface area contributed by atoms with Crippen molar-refractivity contribution in [3.8, 4) is 5.75 Å². The number of halogens is 1. The Kier molecular flexibility index (Phi) is 3.94. The summed E-state index contributed by atoms with van der Waals surface area (Å²) in [7, 11) is 0. The lowest BCUT2D eigenvalue weighted by Gasteiger charge is -2.04. The number of carbonyl (C=O) groups is 1. The molecule has 0 saturated carbocycles. The largest absolute Gasteiger partial charge is 0.426 e. The molecule has 2 nitrogen and oxygen atoms in total. The topological polar surface area (TPSA) is 26.3 Å². The van der Waals surface area contributed by atoms with E-state index in [0.717, 1.165) is 10.0 Å². The minimum atomic E-state index is -0.251. The van der Waals surface area contributed by atoms with Crippen molar-refractivity contribution in [2.24, 2.45) is 0 Å². The van der Waals surface area contributed by atoms with Crippen LogP contribution in [0.1, 0.15) is 5.56 Å². The van der Waals surface area contributed by atoms with Crippen molar-refractivity contribution in [2.45, 2.75) is 6.42 Å². The molecule has 0 N–H and O–H groups in total. The van der Waals surface area contributed by atoms with Crippen LogP contribution >= 0.6 is 15.9 Å². The van der Waals surface area contributed by atoms with Gasteiger partial charge in [-0.15, -0.1) is 0 Å². The van der Waals surface area contributed by atoms with Crippen LogP contribution < -0.4 is 4.74 Å². The van der Waals surface area contributed by atoms with Gasteiger partial charge in [-0.1, -0.05) is 46.3 Å². The van der Waals surface area contributed by atoms with E-state index in [-0.39, 0.29) is 12.4 Å². The van der Waals surface area contributed by atoms with Crippen LogP contribution in [-0.2, 0) is 11.2 Å². The highest BCUT2D eigenvalue weighted by molar-refractivity contribution is 9.10. The number of hydrogen-bond donors (Lipinski definition) is 0. The molecular weight excluding hydrogens is 280 g/mol. The standard InChI is InChI=1S/C14H11BrO2/c15-12-6-8-13(9-7-12)17-14(16)10-11-4-2-1-3-5-11/h1-9H,10H2. The van der Waals surface area contributed by atoms with Gasteiger partial charge in [-0.05, 0) is 29.8 Å². The second kappa shape index (κ2) is 5.64. The fourth-order valence-electron chi connectivity index (χ4n) is 1.43. The maximum atomic E-state index is 11.6. The van der Waals surface area contributed by atoms with Crippen molar-refractivity contribution in [1.82, 2.24) is 0 Å². The normalized spacial score (nSPS) is 9.94. The minimum absolute atomic E-state index is 0.251. The second-order valence-electron chi connectivity index (χ2n) is 3.59. The summed E-state index contributed by atoms with van der Waals surface area (Å²) in [6.07, 6.45) is 0.289. The molecule has 0 aliphatic rings. The molecule has 0 atom stereocenters. The Morgan fingerprint density at radius 3 is 2.29 bits per heavy atom. The number of rotatable bonds is 3. The van der Waals surface area contributed by atoms with Gasteiger partial charge in [0.25, 0.3) is 0 Å². The van der Waals surface area contributed by atoms with Gasteiger partial charge >= 0.3 is 5.97 Å². The van der Waals surface area contributed by atoms with E-state index < -0.39 is 0 Å². The molecule has 0 aromatic heterocycles. The Hall–Kier alpha value is -1.61. The zero-order chi connectivity index (χ0) is 12.1. The SMILES string of the molecule is O=C(Cc1ccccc1)Oc1ccc(Br)cc1. The van der Waals surface area contributed by atoms with Gasteiger partial charge in [0.2, 0.25) is 0 Å². The van der Waals surface area contributed by atoms with Gasteiger partial charge in [0.15, 0.2) is 0 Å². The summed E-state index contributed by atoms with van der Waals surface area (Å²) in [6, 6.07) is 16.7. The number of hydrogen-bond acceptors (Lipinski definition) is 2. The Labute approximate surface area is 108 Å². The zero-order valence-electron chi connectivity index (χ0n) is 9.10. The highest BCUT2D eigenvalue weighted by atomic mass is 79.9. The molecule has 0 radical (unpaired) electrons. The molecule has 0 heterocycles. The summed E-state index contributed by atoms with van der Waals surface area (Å²) in [5.41, 5.74) is 0.953. The maximum absolute atomic E-state index is 11.6. The molecule has 17 heavy (non-hydrogen) atoms. The van der Waals surface area contributed by atoms with E-state index in [9.17, 15) is 4.79 Å². The first-order chi connectivity index (χ1) is 8.24. The van der Waals surface area contributed by atoms with Gasteiger partial charge in [0.1, 0.15) is 5.75 Å². The first-order valence-corrected chi connectivity index (χ1v) is 6.03. The van der Waals surface area contributed by atoms with Crippen LogP contribution in [0.25, 0.3) is 0 Å². The van der Waals surface area contributed by atoms with Gasteiger partial charge in [0, 0.05) is 4.47 Å². The van der Waals surface area contributed by atoms with Crippen molar-refractivity contribution in [2.75, 3.05) is 0 Å². The molecule has 0 amide bonds. The lowest BCUT2D eigenvalue weighted by molar-refractivity contribution is -0.133. The Balaban J connectivity index is 1.96. The van der Waals surface area contributed by atoms with Gasteiger partial charge < -0.3 is 4.74 Å². The molecule has 86 valence electrons. The summed E-state index contributed by atoms with van der Waals surface area (Å²) < 4.78 is 6.17. The van der Waals surface area contributed by atoms with E-state index in [0.29, 0.717) is 5.75 Å². The predicted molar refractivity (Wildman–Crippen MR) is 69.9 cm³/mol. The fourth-order valence-corrected chi connectivity index (χ4v) is 1.70. The van der Waals surface area contributed by atoms with E-state index >= 15 is 0 Å². The molecular formula is C14H11BrO2. The highest BCUT2D eigenvalue weighted by Gasteiger charge is 2.05. The number of esters is 1. The molecule has 0 unspecified atom stereocenters. The fraction of sp³-hybridized carbons (Fsp3) is 0.0714. The Morgan fingerprint density at radius 1 is 1.00 bits per heavy atom. The van der Waals surface area contributed by atoms with E-state index in [4.69, 9.17) is 4.74 Å². The minimum Gasteiger partial charge on any atom is -0.426 e. The average molecular weight is 291 g/mol.